The van der Waals surface area contributed by atoms with Crippen molar-refractivity contribution < 1.29 is 28.2 Å². The van der Waals surface area contributed by atoms with Crippen molar-refractivity contribution in [1.82, 2.24) is 9.69 Å². The van der Waals surface area contributed by atoms with Crippen LogP contribution in [-0.4, -0.2) is 21.5 Å². The average Bonchev–Trinajstić information content (AvgIpc) is 3.26. The van der Waals surface area contributed by atoms with Crippen molar-refractivity contribution in [3.8, 4) is 5.88 Å². The Balaban J connectivity index is 1.63. The van der Waals surface area contributed by atoms with Crippen molar-refractivity contribution in [2.45, 2.75) is 13.2 Å². The Bertz CT molecular complexity index is 1060. The number of rotatable bonds is 7. The zero-order valence-electron chi connectivity index (χ0n) is 14.4. The molecule has 0 bridgehead atoms. The van der Waals surface area contributed by atoms with Gasteiger partial charge >= 0.3 is 12.0 Å². The monoisotopic (exact) mass is 459 g/mol. The summed E-state index contributed by atoms with van der Waals surface area (Å²) in [6, 6.07) is 5.90. The van der Waals surface area contributed by atoms with Gasteiger partial charge < -0.3 is 15.2 Å². The van der Waals surface area contributed by atoms with Crippen molar-refractivity contribution in [3.63, 3.8) is 0 Å². The number of aromatic nitrogens is 1. The van der Waals surface area contributed by atoms with Gasteiger partial charge in [0.2, 0.25) is 5.88 Å². The lowest BCUT2D eigenvalue weighted by Gasteiger charge is -2.07. The Hall–Kier alpha value is -2.76. The minimum atomic E-state index is -1.33. The minimum absolute atomic E-state index is 0.0282. The molecule has 0 saturated heterocycles. The predicted octanol–water partition coefficient (Wildman–Crippen LogP) is 4.74. The topological polar surface area (TPSA) is 101 Å². The molecule has 0 aliphatic heterocycles. The van der Waals surface area contributed by atoms with E-state index in [9.17, 15) is 23.5 Å². The van der Waals surface area contributed by atoms with Gasteiger partial charge in [-0.3, -0.25) is 5.32 Å². The third-order valence-electron chi connectivity index (χ3n) is 3.52. The number of nitrogens with zero attached hydrogens (tertiary/aromatic N) is 1. The van der Waals surface area contributed by atoms with E-state index in [1.54, 1.807) is 12.1 Å². The number of carboxylic acids is 1. The predicted molar refractivity (Wildman–Crippen MR) is 105 cm³/mol. The molecule has 7 nitrogen and oxygen atoms in total. The van der Waals surface area contributed by atoms with Crippen LogP contribution in [0, 0.1) is 11.6 Å². The maximum Gasteiger partial charge on any atom is 0.344 e. The van der Waals surface area contributed by atoms with E-state index in [4.69, 9.17) is 16.3 Å². The number of hydrogen-bond acceptors (Lipinski definition) is 6. The molecule has 2 heterocycles. The molecule has 152 valence electrons. The molecule has 3 aromatic rings. The van der Waals surface area contributed by atoms with Crippen LogP contribution in [0.15, 0.2) is 30.3 Å². The highest BCUT2D eigenvalue weighted by molar-refractivity contribution is 7.16. The number of halogens is 3. The number of carbonyl (C=O) groups excluding carboxylic acids is 1. The van der Waals surface area contributed by atoms with Crippen LogP contribution in [0.2, 0.25) is 4.34 Å². The first-order valence-corrected chi connectivity index (χ1v) is 9.89. The highest BCUT2D eigenvalue weighted by Gasteiger charge is 2.23. The second-order valence-corrected chi connectivity index (χ2v) is 8.12. The molecule has 0 aliphatic rings. The Morgan fingerprint density at radius 2 is 2.00 bits per heavy atom. The van der Waals surface area contributed by atoms with Crippen LogP contribution in [0.5, 0.6) is 5.88 Å². The molecule has 3 N–H and O–H groups in total. The van der Waals surface area contributed by atoms with Gasteiger partial charge in [-0.25, -0.2) is 18.4 Å². The van der Waals surface area contributed by atoms with E-state index in [1.807, 2.05) is 0 Å². The van der Waals surface area contributed by atoms with E-state index in [1.165, 1.54) is 17.4 Å². The minimum Gasteiger partial charge on any atom is -0.477 e. The quantitative estimate of drug-likeness (QED) is 0.474. The van der Waals surface area contributed by atoms with Crippen molar-refractivity contribution in [3.05, 3.63) is 62.3 Å². The number of carboxylic acid groups (broad SMARTS) is 1. The molecule has 0 aliphatic carbocycles. The summed E-state index contributed by atoms with van der Waals surface area (Å²) in [6.45, 7) is -0.0180. The number of aromatic carboxylic acids is 1. The first-order chi connectivity index (χ1) is 13.8. The molecule has 0 spiro atoms. The number of hydrogen-bond donors (Lipinski definition) is 3. The summed E-state index contributed by atoms with van der Waals surface area (Å²) in [7, 11) is 0. The fraction of sp³-hybridized carbons (Fsp3) is 0.118. The molecular formula is C17H12ClF2N3O4S2. The number of ether oxygens (including phenoxy) is 1. The highest BCUT2D eigenvalue weighted by Crippen LogP contribution is 2.32. The second kappa shape index (κ2) is 9.16. The van der Waals surface area contributed by atoms with Gasteiger partial charge in [-0.2, -0.15) is 4.37 Å². The highest BCUT2D eigenvalue weighted by atomic mass is 35.5. The largest absolute Gasteiger partial charge is 0.477 e. The van der Waals surface area contributed by atoms with Crippen molar-refractivity contribution in [1.29, 1.82) is 0 Å². The SMILES string of the molecule is O=C(NCc1ccc(F)c(F)c1)Nc1snc(OCc2ccc(Cl)s2)c1C(=O)O. The van der Waals surface area contributed by atoms with Gasteiger partial charge in [-0.1, -0.05) is 17.7 Å². The molecule has 3 rings (SSSR count). The average molecular weight is 460 g/mol. The molecule has 0 fully saturated rings. The molecule has 0 unspecified atom stereocenters. The van der Waals surface area contributed by atoms with E-state index in [2.05, 4.69) is 15.0 Å². The number of anilines is 1. The number of thiophene rings is 1. The van der Waals surface area contributed by atoms with E-state index < -0.39 is 23.6 Å². The number of urea groups is 1. The first-order valence-electron chi connectivity index (χ1n) is 7.92. The molecule has 0 radical (unpaired) electrons. The van der Waals surface area contributed by atoms with Gasteiger partial charge in [-0.05, 0) is 41.4 Å². The third-order valence-corrected chi connectivity index (χ3v) is 5.47. The second-order valence-electron chi connectivity index (χ2n) is 5.55. The Morgan fingerprint density at radius 1 is 1.21 bits per heavy atom. The summed E-state index contributed by atoms with van der Waals surface area (Å²) >= 11 is 7.86. The summed E-state index contributed by atoms with van der Waals surface area (Å²) in [5.41, 5.74) is 0.0427. The fourth-order valence-electron chi connectivity index (χ4n) is 2.20. The smallest absolute Gasteiger partial charge is 0.344 e. The molecule has 2 amide bonds. The molecule has 0 atom stereocenters. The standard InChI is InChI=1S/C17H12ClF2N3O4S2/c18-12-4-2-9(28-12)7-27-14-13(16(24)25)15(29-23-14)22-17(26)21-6-8-1-3-10(19)11(20)5-8/h1-5H,6-7H2,(H,24,25)(H2,21,22,26). The number of nitrogens with one attached hydrogen (secondary N) is 2. The summed E-state index contributed by atoms with van der Waals surface area (Å²) in [6.07, 6.45) is 0. The van der Waals surface area contributed by atoms with Crippen molar-refractivity contribution in [2.75, 3.05) is 5.32 Å². The van der Waals surface area contributed by atoms with Crippen LogP contribution in [-0.2, 0) is 13.2 Å². The van der Waals surface area contributed by atoms with Crippen LogP contribution < -0.4 is 15.4 Å². The molecule has 0 saturated carbocycles. The first kappa shape index (κ1) is 21.0. The summed E-state index contributed by atoms with van der Waals surface area (Å²) in [5, 5.41) is 14.2. The summed E-state index contributed by atoms with van der Waals surface area (Å²) in [5.74, 6) is -3.49. The number of amides is 2. The Labute approximate surface area is 176 Å². The maximum atomic E-state index is 13.2. The third kappa shape index (κ3) is 5.40. The fourth-order valence-corrected chi connectivity index (χ4v) is 3.92. The van der Waals surface area contributed by atoms with Gasteiger partial charge in [-0.15, -0.1) is 11.3 Å². The molecule has 1 aromatic carbocycles. The van der Waals surface area contributed by atoms with E-state index >= 15 is 0 Å². The van der Waals surface area contributed by atoms with Gasteiger partial charge in [0.05, 0.1) is 4.34 Å². The lowest BCUT2D eigenvalue weighted by molar-refractivity contribution is 0.0693. The van der Waals surface area contributed by atoms with Crippen LogP contribution >= 0.6 is 34.5 Å². The number of benzene rings is 1. The van der Waals surface area contributed by atoms with E-state index in [0.29, 0.717) is 9.90 Å². The van der Waals surface area contributed by atoms with Crippen LogP contribution in [0.4, 0.5) is 18.6 Å². The van der Waals surface area contributed by atoms with Gasteiger partial charge in [0, 0.05) is 11.4 Å². The molecule has 12 heteroatoms. The van der Waals surface area contributed by atoms with Gasteiger partial charge in [0.1, 0.15) is 11.6 Å². The Kier molecular flexibility index (Phi) is 6.62. The zero-order valence-corrected chi connectivity index (χ0v) is 16.8. The molecule has 2 aromatic heterocycles. The van der Waals surface area contributed by atoms with Crippen LogP contribution in [0.1, 0.15) is 20.8 Å². The molecule has 29 heavy (non-hydrogen) atoms. The van der Waals surface area contributed by atoms with Crippen LogP contribution in [0.25, 0.3) is 0 Å². The summed E-state index contributed by atoms with van der Waals surface area (Å²) in [4.78, 5) is 24.4. The normalized spacial score (nSPS) is 10.6. The molecular weight excluding hydrogens is 448 g/mol. The van der Waals surface area contributed by atoms with Crippen LogP contribution in [0.3, 0.4) is 0 Å². The van der Waals surface area contributed by atoms with Crippen molar-refractivity contribution in [2.24, 2.45) is 0 Å². The Morgan fingerprint density at radius 3 is 2.66 bits per heavy atom. The van der Waals surface area contributed by atoms with Gasteiger partial charge in [0.25, 0.3) is 0 Å². The van der Waals surface area contributed by atoms with E-state index in [-0.39, 0.29) is 29.6 Å². The maximum absolute atomic E-state index is 13.2. The van der Waals surface area contributed by atoms with E-state index in [0.717, 1.165) is 28.5 Å². The lowest BCUT2D eigenvalue weighted by atomic mass is 10.2. The number of carbonyl (C=O) groups is 2. The van der Waals surface area contributed by atoms with Crippen molar-refractivity contribution >= 4 is 51.5 Å². The zero-order chi connectivity index (χ0) is 21.0. The summed E-state index contributed by atoms with van der Waals surface area (Å²) < 4.78 is 36.1. The van der Waals surface area contributed by atoms with Gasteiger partial charge in [0.15, 0.2) is 17.2 Å². The lowest BCUT2D eigenvalue weighted by Crippen LogP contribution is -2.28.